The van der Waals surface area contributed by atoms with Crippen LogP contribution in [-0.4, -0.2) is 52.5 Å². The summed E-state index contributed by atoms with van der Waals surface area (Å²) in [4.78, 5) is 27.9. The summed E-state index contributed by atoms with van der Waals surface area (Å²) < 4.78 is 11.6. The van der Waals surface area contributed by atoms with Gasteiger partial charge < -0.3 is 25.0 Å². The van der Waals surface area contributed by atoms with E-state index in [1.54, 1.807) is 7.11 Å². The van der Waals surface area contributed by atoms with Crippen molar-refractivity contribution >= 4 is 11.4 Å². The molecule has 7 nitrogen and oxygen atoms in total. The average Bonchev–Trinajstić information content (AvgIpc) is 2.96. The first-order valence-corrected chi connectivity index (χ1v) is 14.8. The molecular weight excluding hydrogens is 478 g/mol. The van der Waals surface area contributed by atoms with Crippen LogP contribution in [-0.2, 0) is 9.47 Å². The van der Waals surface area contributed by atoms with Crippen molar-refractivity contribution in [1.29, 1.82) is 0 Å². The number of hydrogen-bond acceptors (Lipinski definition) is 7. The van der Waals surface area contributed by atoms with Crippen molar-refractivity contribution in [2.45, 2.75) is 76.9 Å². The van der Waals surface area contributed by atoms with Gasteiger partial charge >= 0.3 is 0 Å². The molecule has 2 aromatic carbocycles. The Hall–Kier alpha value is -2.22. The third-order valence-corrected chi connectivity index (χ3v) is 8.34. The zero-order chi connectivity index (χ0) is 26.7. The summed E-state index contributed by atoms with van der Waals surface area (Å²) in [5.74, 6) is 0.932. The Balaban J connectivity index is 1.48. The number of ether oxygens (including phenoxy) is 2. The minimum atomic E-state index is -0.359. The van der Waals surface area contributed by atoms with Crippen LogP contribution >= 0.6 is 0 Å². The summed E-state index contributed by atoms with van der Waals surface area (Å²) in [6.45, 7) is 6.61. The van der Waals surface area contributed by atoms with Crippen molar-refractivity contribution in [2.24, 2.45) is 11.8 Å². The quantitative estimate of drug-likeness (QED) is 0.259. The van der Waals surface area contributed by atoms with Gasteiger partial charge in [-0.15, -0.1) is 0 Å². The lowest BCUT2D eigenvalue weighted by molar-refractivity contribution is -0.00235. The van der Waals surface area contributed by atoms with Gasteiger partial charge in [0.25, 0.3) is 10.9 Å². The van der Waals surface area contributed by atoms with Crippen LogP contribution in [0.15, 0.2) is 39.9 Å². The van der Waals surface area contributed by atoms with Crippen LogP contribution in [0.5, 0.6) is 0 Å². The Bertz CT molecular complexity index is 1030. The second-order valence-electron chi connectivity index (χ2n) is 11.2. The number of hydrogen-bond donors (Lipinski definition) is 2. The number of nitrogens with zero attached hydrogens (tertiary/aromatic N) is 1. The van der Waals surface area contributed by atoms with Gasteiger partial charge in [-0.05, 0) is 43.7 Å². The maximum Gasteiger partial charge on any atom is 0.253 e. The van der Waals surface area contributed by atoms with Crippen LogP contribution < -0.4 is 26.4 Å². The van der Waals surface area contributed by atoms with Gasteiger partial charge in [0.2, 0.25) is 0 Å². The fourth-order valence-electron chi connectivity index (χ4n) is 6.38. The van der Waals surface area contributed by atoms with E-state index >= 15 is 0 Å². The Morgan fingerprint density at radius 2 is 1.79 bits per heavy atom. The second kappa shape index (κ2) is 14.8. The molecule has 3 atom stereocenters. The van der Waals surface area contributed by atoms with Crippen LogP contribution in [0.25, 0.3) is 0 Å². The normalized spacial score (nSPS) is 20.5. The first-order chi connectivity index (χ1) is 18.6. The van der Waals surface area contributed by atoms with E-state index in [1.807, 2.05) is 6.07 Å². The molecule has 2 fully saturated rings. The average molecular weight is 526 g/mol. The van der Waals surface area contributed by atoms with Gasteiger partial charge in [0.05, 0.1) is 6.10 Å². The van der Waals surface area contributed by atoms with Crippen LogP contribution in [0.4, 0.5) is 11.4 Å². The van der Waals surface area contributed by atoms with Crippen LogP contribution in [0.1, 0.15) is 76.4 Å². The van der Waals surface area contributed by atoms with Gasteiger partial charge in [-0.25, -0.2) is 0 Å². The van der Waals surface area contributed by atoms with Crippen molar-refractivity contribution < 1.29 is 9.47 Å². The molecule has 0 aromatic heterocycles. The number of rotatable bonds is 15. The number of anilines is 2. The van der Waals surface area contributed by atoms with Gasteiger partial charge in [0.1, 0.15) is 11.4 Å². The predicted molar refractivity (Wildman–Crippen MR) is 155 cm³/mol. The van der Waals surface area contributed by atoms with E-state index in [-0.39, 0.29) is 28.9 Å². The summed E-state index contributed by atoms with van der Waals surface area (Å²) in [5, 5.41) is 7.01. The van der Waals surface area contributed by atoms with E-state index in [4.69, 9.17) is 9.47 Å². The summed E-state index contributed by atoms with van der Waals surface area (Å²) in [6.07, 6.45) is 10.3. The molecular formula is C31H47N3O4. The van der Waals surface area contributed by atoms with Crippen molar-refractivity contribution in [3.05, 3.63) is 56.3 Å². The molecule has 1 unspecified atom stereocenters. The molecule has 1 saturated carbocycles. The fourth-order valence-corrected chi connectivity index (χ4v) is 6.38. The number of piperidine rings is 1. The highest BCUT2D eigenvalue weighted by Crippen LogP contribution is 2.36. The molecule has 2 N–H and O–H groups in total. The molecule has 0 radical (unpaired) electrons. The largest absolute Gasteiger partial charge is 0.385 e. The number of benzene rings is 1. The molecule has 1 aliphatic heterocycles. The van der Waals surface area contributed by atoms with Crippen molar-refractivity contribution in [3.8, 4) is 0 Å². The first kappa shape index (κ1) is 28.8. The van der Waals surface area contributed by atoms with Gasteiger partial charge in [0.15, 0.2) is 0 Å². The molecule has 0 spiro atoms. The number of nitrogens with one attached hydrogen (secondary N) is 2. The molecule has 1 saturated heterocycles. The maximum absolute atomic E-state index is 12.9. The second-order valence-corrected chi connectivity index (χ2v) is 11.2. The summed E-state index contributed by atoms with van der Waals surface area (Å²) in [6, 6.07) is 10.5. The van der Waals surface area contributed by atoms with Crippen molar-refractivity contribution in [1.82, 2.24) is 5.32 Å². The highest BCUT2D eigenvalue weighted by atomic mass is 16.5. The molecule has 7 heteroatoms. The highest BCUT2D eigenvalue weighted by molar-refractivity contribution is 5.75. The van der Waals surface area contributed by atoms with E-state index in [1.165, 1.54) is 37.7 Å². The summed E-state index contributed by atoms with van der Waals surface area (Å²) >= 11 is 0. The van der Waals surface area contributed by atoms with E-state index in [0.717, 1.165) is 45.3 Å². The summed E-state index contributed by atoms with van der Waals surface area (Å²) in [7, 11) is 1.71. The monoisotopic (exact) mass is 525 g/mol. The standard InChI is InChI=1S/C31H47N3O4/c1-3-32-21-26(20-23-12-6-4-7-13-23)33-27-28(30(36)29(27)35)34-17-10-16-25(22-34)31(38-19-11-18-37-2)24-14-8-5-9-15-24/h5,8-9,14-15,23,25-26,31-33H,3-4,6-7,10-13,16-22H2,1-2H3/t25-,26+,31?/m1/s1. The Labute approximate surface area is 228 Å². The van der Waals surface area contributed by atoms with Gasteiger partial charge in [-0.2, -0.15) is 0 Å². The van der Waals surface area contributed by atoms with E-state index in [0.29, 0.717) is 37.1 Å². The van der Waals surface area contributed by atoms with Crippen LogP contribution in [0, 0.1) is 11.8 Å². The minimum Gasteiger partial charge on any atom is -0.385 e. The predicted octanol–water partition coefficient (Wildman–Crippen LogP) is 4.65. The third kappa shape index (κ3) is 7.45. The van der Waals surface area contributed by atoms with E-state index in [2.05, 4.69) is 46.7 Å². The minimum absolute atomic E-state index is 0.0495. The summed E-state index contributed by atoms with van der Waals surface area (Å²) in [5.41, 5.74) is 1.59. The van der Waals surface area contributed by atoms with Crippen molar-refractivity contribution in [3.63, 3.8) is 0 Å². The molecule has 1 heterocycles. The van der Waals surface area contributed by atoms with Gasteiger partial charge in [-0.1, -0.05) is 69.4 Å². The lowest BCUT2D eigenvalue weighted by Gasteiger charge is -2.39. The SMILES string of the molecule is CCNC[C@H](CC1CCCCC1)Nc1c(N2CCC[C@@H](C(OCCCOC)c3ccccc3)C2)c(=O)c1=O. The van der Waals surface area contributed by atoms with Gasteiger partial charge in [-0.3, -0.25) is 9.59 Å². The van der Waals surface area contributed by atoms with Crippen LogP contribution in [0.2, 0.25) is 0 Å². The molecule has 0 amide bonds. The Morgan fingerprint density at radius 1 is 1.00 bits per heavy atom. The Morgan fingerprint density at radius 3 is 2.53 bits per heavy atom. The smallest absolute Gasteiger partial charge is 0.253 e. The molecule has 4 rings (SSSR count). The highest BCUT2D eigenvalue weighted by Gasteiger charge is 2.34. The topological polar surface area (TPSA) is 79.9 Å². The lowest BCUT2D eigenvalue weighted by atomic mass is 9.84. The first-order valence-electron chi connectivity index (χ1n) is 14.8. The van der Waals surface area contributed by atoms with E-state index in [9.17, 15) is 9.59 Å². The zero-order valence-electron chi connectivity index (χ0n) is 23.4. The number of methoxy groups -OCH3 is 1. The molecule has 0 bridgehead atoms. The lowest BCUT2D eigenvalue weighted by Crippen LogP contribution is -2.49. The van der Waals surface area contributed by atoms with Crippen LogP contribution in [0.3, 0.4) is 0 Å². The fraction of sp³-hybridized carbons (Fsp3) is 0.677. The zero-order valence-corrected chi connectivity index (χ0v) is 23.4. The Kier molecular flexibility index (Phi) is 11.2. The maximum atomic E-state index is 12.9. The molecule has 2 aliphatic rings. The van der Waals surface area contributed by atoms with E-state index < -0.39 is 0 Å². The van der Waals surface area contributed by atoms with Gasteiger partial charge in [0, 0.05) is 51.9 Å². The third-order valence-electron chi connectivity index (χ3n) is 8.34. The molecule has 1 aliphatic carbocycles. The molecule has 38 heavy (non-hydrogen) atoms. The number of likely N-dealkylation sites (N-methyl/N-ethyl adjacent to an activating group) is 1. The van der Waals surface area contributed by atoms with Crippen molar-refractivity contribution in [2.75, 3.05) is 56.7 Å². The molecule has 210 valence electrons. The molecule has 2 aromatic rings.